The molecule has 0 unspecified atom stereocenters. The highest BCUT2D eigenvalue weighted by molar-refractivity contribution is 5.99. The predicted octanol–water partition coefficient (Wildman–Crippen LogP) is 3.93. The van der Waals surface area contributed by atoms with Gasteiger partial charge in [-0.2, -0.15) is 0 Å². The summed E-state index contributed by atoms with van der Waals surface area (Å²) in [6.45, 7) is 4.01. The molecule has 0 fully saturated rings. The van der Waals surface area contributed by atoms with Gasteiger partial charge < -0.3 is 9.84 Å². The zero-order valence-corrected chi connectivity index (χ0v) is 13.7. The van der Waals surface area contributed by atoms with Crippen molar-refractivity contribution in [3.8, 4) is 11.3 Å². The van der Waals surface area contributed by atoms with Crippen LogP contribution in [0.2, 0.25) is 0 Å². The molecule has 1 atom stereocenters. The second kappa shape index (κ2) is 7.08. The summed E-state index contributed by atoms with van der Waals surface area (Å²) in [5.41, 5.74) is 3.18. The van der Waals surface area contributed by atoms with Crippen LogP contribution in [0.3, 0.4) is 0 Å². The summed E-state index contributed by atoms with van der Waals surface area (Å²) in [5, 5.41) is 6.83. The average Bonchev–Trinajstić information content (AvgIpc) is 3.11. The zero-order chi connectivity index (χ0) is 16.9. The maximum atomic E-state index is 12.7. The number of carbonyl (C=O) groups is 1. The lowest BCUT2D eigenvalue weighted by Gasteiger charge is -2.18. The Labute approximate surface area is 140 Å². The number of rotatable bonds is 5. The predicted molar refractivity (Wildman–Crippen MR) is 91.4 cm³/mol. The van der Waals surface area contributed by atoms with Crippen molar-refractivity contribution >= 4 is 5.91 Å². The summed E-state index contributed by atoms with van der Waals surface area (Å²) >= 11 is 0. The van der Waals surface area contributed by atoms with E-state index >= 15 is 0 Å². The van der Waals surface area contributed by atoms with Gasteiger partial charge in [0.2, 0.25) is 0 Å². The van der Waals surface area contributed by atoms with Crippen LogP contribution in [0, 0.1) is 6.92 Å². The van der Waals surface area contributed by atoms with Gasteiger partial charge in [-0.25, -0.2) is 0 Å². The van der Waals surface area contributed by atoms with Gasteiger partial charge in [-0.05, 0) is 25.0 Å². The summed E-state index contributed by atoms with van der Waals surface area (Å²) in [5.74, 6) is 0.257. The quantitative estimate of drug-likeness (QED) is 0.773. The third kappa shape index (κ3) is 3.20. The van der Waals surface area contributed by atoms with E-state index in [2.05, 4.69) is 15.5 Å². The van der Waals surface area contributed by atoms with E-state index in [1.165, 1.54) is 6.20 Å². The third-order valence-electron chi connectivity index (χ3n) is 3.94. The normalized spacial score (nSPS) is 11.9. The minimum atomic E-state index is -0.216. The second-order valence-corrected chi connectivity index (χ2v) is 5.57. The number of aryl methyl sites for hydroxylation is 1. The highest BCUT2D eigenvalue weighted by Gasteiger charge is 2.22. The molecule has 122 valence electrons. The van der Waals surface area contributed by atoms with Gasteiger partial charge in [0.05, 0.1) is 17.9 Å². The van der Waals surface area contributed by atoms with Crippen LogP contribution in [0.15, 0.2) is 59.4 Å². The van der Waals surface area contributed by atoms with Gasteiger partial charge in [0.25, 0.3) is 5.91 Å². The van der Waals surface area contributed by atoms with Gasteiger partial charge in [0.1, 0.15) is 5.56 Å². The van der Waals surface area contributed by atoms with E-state index in [1.807, 2.05) is 56.3 Å². The first-order chi connectivity index (χ1) is 11.7. The van der Waals surface area contributed by atoms with Crippen LogP contribution in [-0.4, -0.2) is 16.0 Å². The molecule has 24 heavy (non-hydrogen) atoms. The van der Waals surface area contributed by atoms with Crippen LogP contribution in [-0.2, 0) is 0 Å². The summed E-state index contributed by atoms with van der Waals surface area (Å²) in [7, 11) is 0. The molecule has 0 saturated carbocycles. The van der Waals surface area contributed by atoms with Crippen molar-refractivity contribution in [2.45, 2.75) is 26.3 Å². The van der Waals surface area contributed by atoms with Crippen molar-refractivity contribution < 1.29 is 9.32 Å². The fourth-order valence-corrected chi connectivity index (χ4v) is 2.66. The number of benzene rings is 1. The monoisotopic (exact) mass is 321 g/mol. The van der Waals surface area contributed by atoms with E-state index in [-0.39, 0.29) is 11.9 Å². The number of hydrogen-bond acceptors (Lipinski definition) is 4. The van der Waals surface area contributed by atoms with Crippen LogP contribution < -0.4 is 5.32 Å². The molecule has 0 saturated heterocycles. The van der Waals surface area contributed by atoms with Crippen molar-refractivity contribution in [2.24, 2.45) is 0 Å². The van der Waals surface area contributed by atoms with Gasteiger partial charge in [-0.1, -0.05) is 48.5 Å². The Morgan fingerprint density at radius 3 is 2.71 bits per heavy atom. The highest BCUT2D eigenvalue weighted by atomic mass is 16.5. The molecule has 0 aliphatic heterocycles. The SMILES string of the molecule is CC[C@H](NC(=O)c1cnoc1-c1ccccc1)c1ncccc1C. The van der Waals surface area contributed by atoms with Crippen molar-refractivity contribution in [1.82, 2.24) is 15.5 Å². The Hall–Kier alpha value is -2.95. The maximum absolute atomic E-state index is 12.7. The molecule has 2 aromatic heterocycles. The first kappa shape index (κ1) is 15.9. The van der Waals surface area contributed by atoms with E-state index in [9.17, 15) is 4.79 Å². The standard InChI is InChI=1S/C19H19N3O2/c1-3-16(17-13(2)8-7-11-20-17)22-19(23)15-12-21-24-18(15)14-9-5-4-6-10-14/h4-12,16H,3H2,1-2H3,(H,22,23)/t16-/m0/s1. The zero-order valence-electron chi connectivity index (χ0n) is 13.7. The Bertz CT molecular complexity index is 827. The first-order valence-corrected chi connectivity index (χ1v) is 7.93. The molecule has 2 heterocycles. The van der Waals surface area contributed by atoms with Gasteiger partial charge in [-0.3, -0.25) is 9.78 Å². The largest absolute Gasteiger partial charge is 0.355 e. The van der Waals surface area contributed by atoms with E-state index in [1.54, 1.807) is 6.20 Å². The number of pyridine rings is 1. The molecule has 3 rings (SSSR count). The molecular formula is C19H19N3O2. The average molecular weight is 321 g/mol. The Morgan fingerprint density at radius 1 is 1.21 bits per heavy atom. The lowest BCUT2D eigenvalue weighted by molar-refractivity contribution is 0.0935. The minimum Gasteiger partial charge on any atom is -0.355 e. The van der Waals surface area contributed by atoms with Crippen LogP contribution >= 0.6 is 0 Å². The molecule has 1 amide bonds. The Kier molecular flexibility index (Phi) is 4.70. The first-order valence-electron chi connectivity index (χ1n) is 7.93. The molecule has 0 aliphatic rings. The van der Waals surface area contributed by atoms with Gasteiger partial charge in [0, 0.05) is 11.8 Å². The molecule has 0 aliphatic carbocycles. The van der Waals surface area contributed by atoms with Crippen LogP contribution in [0.25, 0.3) is 11.3 Å². The Morgan fingerprint density at radius 2 is 2.00 bits per heavy atom. The summed E-state index contributed by atoms with van der Waals surface area (Å²) < 4.78 is 5.29. The summed E-state index contributed by atoms with van der Waals surface area (Å²) in [6, 6.07) is 13.2. The van der Waals surface area contributed by atoms with Crippen molar-refractivity contribution in [1.29, 1.82) is 0 Å². The number of nitrogens with zero attached hydrogens (tertiary/aromatic N) is 2. The number of aromatic nitrogens is 2. The molecule has 0 radical (unpaired) electrons. The fourth-order valence-electron chi connectivity index (χ4n) is 2.66. The van der Waals surface area contributed by atoms with Crippen LogP contribution in [0.1, 0.15) is 41.0 Å². The summed E-state index contributed by atoms with van der Waals surface area (Å²) in [6.07, 6.45) is 3.94. The number of carbonyl (C=O) groups excluding carboxylic acids is 1. The molecule has 0 bridgehead atoms. The molecule has 5 nitrogen and oxygen atoms in total. The highest BCUT2D eigenvalue weighted by Crippen LogP contribution is 2.25. The molecule has 3 aromatic rings. The van der Waals surface area contributed by atoms with Crippen molar-refractivity contribution in [3.05, 3.63) is 71.7 Å². The van der Waals surface area contributed by atoms with Gasteiger partial charge in [0.15, 0.2) is 5.76 Å². The van der Waals surface area contributed by atoms with E-state index < -0.39 is 0 Å². The molecule has 0 spiro atoms. The molecule has 1 aromatic carbocycles. The second-order valence-electron chi connectivity index (χ2n) is 5.57. The van der Waals surface area contributed by atoms with Crippen LogP contribution in [0.5, 0.6) is 0 Å². The molecule has 5 heteroatoms. The third-order valence-corrected chi connectivity index (χ3v) is 3.94. The number of hydrogen-bond donors (Lipinski definition) is 1. The van der Waals surface area contributed by atoms with E-state index in [4.69, 9.17) is 4.52 Å². The fraction of sp³-hybridized carbons (Fsp3) is 0.211. The Balaban J connectivity index is 1.86. The van der Waals surface area contributed by atoms with Crippen molar-refractivity contribution in [2.75, 3.05) is 0 Å². The maximum Gasteiger partial charge on any atom is 0.257 e. The molecule has 1 N–H and O–H groups in total. The van der Waals surface area contributed by atoms with Crippen molar-refractivity contribution in [3.63, 3.8) is 0 Å². The molecular weight excluding hydrogens is 302 g/mol. The van der Waals surface area contributed by atoms with Gasteiger partial charge in [-0.15, -0.1) is 0 Å². The lowest BCUT2D eigenvalue weighted by Crippen LogP contribution is -2.29. The smallest absolute Gasteiger partial charge is 0.257 e. The van der Waals surface area contributed by atoms with Gasteiger partial charge >= 0.3 is 0 Å². The van der Waals surface area contributed by atoms with Crippen LogP contribution in [0.4, 0.5) is 0 Å². The lowest BCUT2D eigenvalue weighted by atomic mass is 10.0. The van der Waals surface area contributed by atoms with E-state index in [0.717, 1.165) is 23.2 Å². The topological polar surface area (TPSA) is 68.0 Å². The van der Waals surface area contributed by atoms with E-state index in [0.29, 0.717) is 11.3 Å². The number of amides is 1. The summed E-state index contributed by atoms with van der Waals surface area (Å²) in [4.78, 5) is 17.1. The minimum absolute atomic E-state index is 0.155. The number of nitrogens with one attached hydrogen (secondary N) is 1.